The second kappa shape index (κ2) is 15.3. The largest absolute Gasteiger partial charge is 0.354 e. The number of rotatable bonds is 14. The van der Waals surface area contributed by atoms with Crippen LogP contribution in [0.2, 0.25) is 0 Å². The summed E-state index contributed by atoms with van der Waals surface area (Å²) < 4.78 is 29.4. The minimum absolute atomic E-state index is 0.0830. The Bertz CT molecular complexity index is 1640. The minimum Gasteiger partial charge on any atom is -0.354 e. The van der Waals surface area contributed by atoms with E-state index < -0.39 is 28.5 Å². The average molecular weight is 612 g/mol. The van der Waals surface area contributed by atoms with Crippen LogP contribution in [0.4, 0.5) is 5.69 Å². The van der Waals surface area contributed by atoms with Crippen LogP contribution in [-0.4, -0.2) is 44.3 Å². The van der Waals surface area contributed by atoms with Crippen LogP contribution < -0.4 is 9.62 Å². The molecule has 7 nitrogen and oxygen atoms in total. The number of amides is 2. The number of carbonyl (C=O) groups is 2. The molecule has 4 aromatic carbocycles. The molecule has 0 aliphatic carbocycles. The molecule has 230 valence electrons. The average Bonchev–Trinajstić information content (AvgIpc) is 3.03. The maximum atomic E-state index is 14.5. The summed E-state index contributed by atoms with van der Waals surface area (Å²) in [6.45, 7) is 6.00. The first-order chi connectivity index (χ1) is 21.2. The van der Waals surface area contributed by atoms with Crippen molar-refractivity contribution in [1.82, 2.24) is 10.2 Å². The van der Waals surface area contributed by atoms with Gasteiger partial charge in [0.1, 0.15) is 12.6 Å². The maximum absolute atomic E-state index is 14.5. The molecule has 1 atom stereocenters. The van der Waals surface area contributed by atoms with Gasteiger partial charge in [-0.2, -0.15) is 0 Å². The summed E-state index contributed by atoms with van der Waals surface area (Å²) in [5.74, 6) is -0.736. The van der Waals surface area contributed by atoms with Gasteiger partial charge in [0.2, 0.25) is 11.8 Å². The van der Waals surface area contributed by atoms with E-state index in [9.17, 15) is 18.0 Å². The zero-order valence-electron chi connectivity index (χ0n) is 25.6. The Morgan fingerprint density at radius 2 is 1.36 bits per heavy atom. The van der Waals surface area contributed by atoms with Crippen LogP contribution in [0.25, 0.3) is 0 Å². The van der Waals surface area contributed by atoms with Crippen LogP contribution in [0.5, 0.6) is 0 Å². The Morgan fingerprint density at radius 1 is 0.773 bits per heavy atom. The zero-order chi connectivity index (χ0) is 31.5. The third-order valence-corrected chi connectivity index (χ3v) is 9.47. The molecule has 4 aromatic rings. The molecule has 4 rings (SSSR count). The van der Waals surface area contributed by atoms with Crippen molar-refractivity contribution < 1.29 is 18.0 Å². The van der Waals surface area contributed by atoms with Crippen molar-refractivity contribution in [1.29, 1.82) is 0 Å². The van der Waals surface area contributed by atoms with Gasteiger partial charge in [0, 0.05) is 19.5 Å². The number of para-hydroxylation sites is 1. The fraction of sp³-hybridized carbons (Fsp3) is 0.278. The van der Waals surface area contributed by atoms with Gasteiger partial charge < -0.3 is 10.2 Å². The van der Waals surface area contributed by atoms with Gasteiger partial charge in [0.25, 0.3) is 10.0 Å². The number of anilines is 1. The normalized spacial score (nSPS) is 11.9. The molecular formula is C36H41N3O4S. The lowest BCUT2D eigenvalue weighted by Crippen LogP contribution is -2.53. The van der Waals surface area contributed by atoms with Crippen LogP contribution in [0.15, 0.2) is 114 Å². The standard InChI is InChI=1S/C36H41N3O4S/c1-4-5-24-37-36(41)34(25-30-18-8-6-9-19-30)38(26-31-20-14-12-16-28(31)2)35(40)27-39(33-23-15-13-17-29(33)3)44(42,43)32-21-10-7-11-22-32/h6-23,34H,4-5,24-27H2,1-3H3,(H,37,41). The highest BCUT2D eigenvalue weighted by atomic mass is 32.2. The van der Waals surface area contributed by atoms with Gasteiger partial charge in [-0.25, -0.2) is 8.42 Å². The Labute approximate surface area is 261 Å². The summed E-state index contributed by atoms with van der Waals surface area (Å²) in [6, 6.07) is 31.7. The number of unbranched alkanes of at least 4 members (excludes halogenated alkanes) is 1. The third kappa shape index (κ3) is 8.14. The van der Waals surface area contributed by atoms with E-state index in [2.05, 4.69) is 12.2 Å². The number of benzene rings is 4. The molecule has 2 amide bonds. The second-order valence-corrected chi connectivity index (χ2v) is 12.8. The number of hydrogen-bond donors (Lipinski definition) is 1. The molecule has 0 aliphatic rings. The minimum atomic E-state index is -4.12. The first kappa shape index (κ1) is 32.5. The van der Waals surface area contributed by atoms with E-state index in [4.69, 9.17) is 0 Å². The highest BCUT2D eigenvalue weighted by Crippen LogP contribution is 2.28. The van der Waals surface area contributed by atoms with E-state index in [-0.39, 0.29) is 23.8 Å². The molecule has 0 heterocycles. The first-order valence-electron chi connectivity index (χ1n) is 15.0. The zero-order valence-corrected chi connectivity index (χ0v) is 26.5. The monoisotopic (exact) mass is 611 g/mol. The molecule has 1 N–H and O–H groups in total. The number of nitrogens with one attached hydrogen (secondary N) is 1. The summed E-state index contributed by atoms with van der Waals surface area (Å²) in [7, 11) is -4.12. The van der Waals surface area contributed by atoms with E-state index in [0.717, 1.165) is 29.5 Å². The lowest BCUT2D eigenvalue weighted by Gasteiger charge is -2.34. The van der Waals surface area contributed by atoms with Gasteiger partial charge in [-0.3, -0.25) is 13.9 Å². The van der Waals surface area contributed by atoms with E-state index in [1.165, 1.54) is 16.4 Å². The lowest BCUT2D eigenvalue weighted by molar-refractivity contribution is -0.140. The van der Waals surface area contributed by atoms with Crippen molar-refractivity contribution in [2.24, 2.45) is 0 Å². The molecule has 44 heavy (non-hydrogen) atoms. The van der Waals surface area contributed by atoms with Crippen molar-refractivity contribution in [2.75, 3.05) is 17.4 Å². The van der Waals surface area contributed by atoms with Crippen molar-refractivity contribution >= 4 is 27.5 Å². The molecule has 0 fully saturated rings. The number of hydrogen-bond acceptors (Lipinski definition) is 4. The van der Waals surface area contributed by atoms with Crippen LogP contribution in [0.1, 0.15) is 42.0 Å². The van der Waals surface area contributed by atoms with Gasteiger partial charge >= 0.3 is 0 Å². The second-order valence-electron chi connectivity index (χ2n) is 10.9. The number of carbonyl (C=O) groups excluding carboxylic acids is 2. The highest BCUT2D eigenvalue weighted by molar-refractivity contribution is 7.92. The van der Waals surface area contributed by atoms with Gasteiger partial charge in [-0.05, 0) is 60.7 Å². The van der Waals surface area contributed by atoms with E-state index in [0.29, 0.717) is 17.8 Å². The summed E-state index contributed by atoms with van der Waals surface area (Å²) >= 11 is 0. The molecule has 8 heteroatoms. The van der Waals surface area contributed by atoms with Gasteiger partial charge in [-0.15, -0.1) is 0 Å². The quantitative estimate of drug-likeness (QED) is 0.176. The summed E-state index contributed by atoms with van der Waals surface area (Å²) in [6.07, 6.45) is 2.01. The summed E-state index contributed by atoms with van der Waals surface area (Å²) in [5, 5.41) is 3.03. The van der Waals surface area contributed by atoms with Crippen molar-refractivity contribution in [2.45, 2.75) is 57.5 Å². The van der Waals surface area contributed by atoms with Crippen molar-refractivity contribution in [3.8, 4) is 0 Å². The smallest absolute Gasteiger partial charge is 0.264 e. The Balaban J connectivity index is 1.80. The Hall–Kier alpha value is -4.43. The maximum Gasteiger partial charge on any atom is 0.264 e. The Kier molecular flexibility index (Phi) is 11.3. The third-order valence-electron chi connectivity index (χ3n) is 7.70. The predicted molar refractivity (Wildman–Crippen MR) is 176 cm³/mol. The van der Waals surface area contributed by atoms with Gasteiger partial charge in [0.15, 0.2) is 0 Å². The molecule has 0 bridgehead atoms. The molecule has 0 aliphatic heterocycles. The topological polar surface area (TPSA) is 86.8 Å². The predicted octanol–water partition coefficient (Wildman–Crippen LogP) is 6.06. The highest BCUT2D eigenvalue weighted by Gasteiger charge is 2.35. The van der Waals surface area contributed by atoms with Crippen LogP contribution in [0, 0.1) is 13.8 Å². The first-order valence-corrected chi connectivity index (χ1v) is 16.5. The molecule has 0 aromatic heterocycles. The van der Waals surface area contributed by atoms with E-state index >= 15 is 0 Å². The number of nitrogens with zero attached hydrogens (tertiary/aromatic N) is 2. The molecule has 1 unspecified atom stereocenters. The summed E-state index contributed by atoms with van der Waals surface area (Å²) in [5.41, 5.74) is 3.88. The molecule has 0 saturated heterocycles. The summed E-state index contributed by atoms with van der Waals surface area (Å²) in [4.78, 5) is 30.0. The van der Waals surface area contributed by atoms with Crippen LogP contribution in [-0.2, 0) is 32.6 Å². The van der Waals surface area contributed by atoms with Crippen LogP contribution in [0.3, 0.4) is 0 Å². The van der Waals surface area contributed by atoms with Crippen LogP contribution >= 0.6 is 0 Å². The van der Waals surface area contributed by atoms with E-state index in [1.807, 2.05) is 80.6 Å². The number of aryl methyl sites for hydroxylation is 2. The fourth-order valence-electron chi connectivity index (χ4n) is 5.11. The van der Waals surface area contributed by atoms with Gasteiger partial charge in [-0.1, -0.05) is 104 Å². The SMILES string of the molecule is CCCCNC(=O)C(Cc1ccccc1)N(Cc1ccccc1C)C(=O)CN(c1ccccc1C)S(=O)(=O)c1ccccc1. The van der Waals surface area contributed by atoms with Gasteiger partial charge in [0.05, 0.1) is 10.6 Å². The lowest BCUT2D eigenvalue weighted by atomic mass is 10.0. The van der Waals surface area contributed by atoms with Crippen molar-refractivity contribution in [3.05, 3.63) is 131 Å². The Morgan fingerprint density at radius 3 is 2.00 bits per heavy atom. The fourth-order valence-corrected chi connectivity index (χ4v) is 6.61. The van der Waals surface area contributed by atoms with Crippen molar-refractivity contribution in [3.63, 3.8) is 0 Å². The number of sulfonamides is 1. The molecule has 0 radical (unpaired) electrons. The molecule has 0 spiro atoms. The van der Waals surface area contributed by atoms with E-state index in [1.54, 1.807) is 35.2 Å². The molecular weight excluding hydrogens is 570 g/mol. The molecule has 0 saturated carbocycles.